The molecular formula is C7H11NO4. The van der Waals surface area contributed by atoms with E-state index in [1.54, 1.807) is 0 Å². The minimum atomic E-state index is -1.26. The molecule has 1 saturated carbocycles. The van der Waals surface area contributed by atoms with Crippen molar-refractivity contribution in [1.82, 2.24) is 0 Å². The summed E-state index contributed by atoms with van der Waals surface area (Å²) in [7, 11) is 0. The van der Waals surface area contributed by atoms with Crippen LogP contribution in [0.15, 0.2) is 12.2 Å². The first kappa shape index (κ1) is 10.6. The van der Waals surface area contributed by atoms with Crippen LogP contribution in [0, 0.1) is 0 Å². The molecular weight excluding hydrogens is 162 g/mol. The lowest BCUT2D eigenvalue weighted by Gasteiger charge is -1.74. The van der Waals surface area contributed by atoms with Gasteiger partial charge in [0.1, 0.15) is 0 Å². The fourth-order valence-corrected chi connectivity index (χ4v) is 0.239. The van der Waals surface area contributed by atoms with Crippen LogP contribution in [0.3, 0.4) is 0 Å². The fraction of sp³-hybridized carbons (Fsp3) is 0.429. The van der Waals surface area contributed by atoms with Gasteiger partial charge in [-0.15, -0.1) is 0 Å². The number of carbonyl (C=O) groups is 2. The van der Waals surface area contributed by atoms with Crippen LogP contribution in [-0.2, 0) is 9.59 Å². The second kappa shape index (κ2) is 5.31. The largest absolute Gasteiger partial charge is 0.478 e. The third-order valence-electron chi connectivity index (χ3n) is 0.990. The Morgan fingerprint density at radius 2 is 1.42 bits per heavy atom. The monoisotopic (exact) mass is 173 g/mol. The highest BCUT2D eigenvalue weighted by Crippen LogP contribution is 2.13. The summed E-state index contributed by atoms with van der Waals surface area (Å²) in [5.74, 6) is -2.51. The molecule has 0 radical (unpaired) electrons. The van der Waals surface area contributed by atoms with Gasteiger partial charge < -0.3 is 15.9 Å². The van der Waals surface area contributed by atoms with Gasteiger partial charge in [-0.25, -0.2) is 9.59 Å². The average Bonchev–Trinajstić information content (AvgIpc) is 2.69. The molecule has 5 heteroatoms. The molecule has 68 valence electrons. The number of carboxylic acid groups (broad SMARTS) is 2. The zero-order valence-electron chi connectivity index (χ0n) is 6.43. The van der Waals surface area contributed by atoms with Gasteiger partial charge in [-0.05, 0) is 12.8 Å². The van der Waals surface area contributed by atoms with Crippen molar-refractivity contribution in [2.45, 2.75) is 18.9 Å². The number of carboxylic acids is 2. The summed E-state index contributed by atoms with van der Waals surface area (Å²) < 4.78 is 0. The zero-order valence-corrected chi connectivity index (χ0v) is 6.43. The maximum Gasteiger partial charge on any atom is 0.328 e. The van der Waals surface area contributed by atoms with Gasteiger partial charge in [-0.1, -0.05) is 0 Å². The maximum absolute atomic E-state index is 9.55. The van der Waals surface area contributed by atoms with E-state index in [4.69, 9.17) is 15.9 Å². The number of hydrogen-bond donors (Lipinski definition) is 3. The number of aliphatic carboxylic acids is 2. The van der Waals surface area contributed by atoms with E-state index in [9.17, 15) is 9.59 Å². The fourth-order valence-electron chi connectivity index (χ4n) is 0.239. The normalized spacial score (nSPS) is 15.1. The van der Waals surface area contributed by atoms with Crippen molar-refractivity contribution >= 4 is 11.9 Å². The summed E-state index contributed by atoms with van der Waals surface area (Å²) in [5.41, 5.74) is 5.22. The van der Waals surface area contributed by atoms with E-state index in [0.29, 0.717) is 18.2 Å². The summed E-state index contributed by atoms with van der Waals surface area (Å²) >= 11 is 0. The van der Waals surface area contributed by atoms with Gasteiger partial charge in [0.2, 0.25) is 0 Å². The van der Waals surface area contributed by atoms with E-state index < -0.39 is 11.9 Å². The minimum Gasteiger partial charge on any atom is -0.478 e. The number of nitrogens with two attached hydrogens (primary N) is 1. The van der Waals surface area contributed by atoms with Crippen molar-refractivity contribution in [3.63, 3.8) is 0 Å². The average molecular weight is 173 g/mol. The highest BCUT2D eigenvalue weighted by atomic mass is 16.4. The summed E-state index contributed by atoms with van der Waals surface area (Å²) in [6.07, 6.45) is 3.64. The van der Waals surface area contributed by atoms with Crippen molar-refractivity contribution in [3.05, 3.63) is 12.2 Å². The van der Waals surface area contributed by atoms with Gasteiger partial charge in [-0.2, -0.15) is 0 Å². The topological polar surface area (TPSA) is 101 Å². The quantitative estimate of drug-likeness (QED) is 0.503. The van der Waals surface area contributed by atoms with Crippen LogP contribution in [-0.4, -0.2) is 28.2 Å². The van der Waals surface area contributed by atoms with Crippen LogP contribution in [0.4, 0.5) is 0 Å². The first-order valence-corrected chi connectivity index (χ1v) is 3.42. The maximum atomic E-state index is 9.55. The highest BCUT2D eigenvalue weighted by Gasteiger charge is 2.13. The standard InChI is InChI=1S/C4H4O4.C3H7N/c5-3(6)1-2-4(7)8;4-3-1-2-3/h1-2H,(H,5,6)(H,7,8);3H,1-2,4H2. The molecule has 0 aromatic carbocycles. The van der Waals surface area contributed by atoms with Crippen LogP contribution < -0.4 is 5.73 Å². The summed E-state index contributed by atoms with van der Waals surface area (Å²) in [6, 6.07) is 0.583. The zero-order chi connectivity index (χ0) is 9.56. The lowest BCUT2D eigenvalue weighted by Crippen LogP contribution is -1.94. The van der Waals surface area contributed by atoms with Gasteiger partial charge in [0.25, 0.3) is 0 Å². The Morgan fingerprint density at radius 3 is 1.50 bits per heavy atom. The summed E-state index contributed by atoms with van der Waals surface area (Å²) in [6.45, 7) is 0. The molecule has 4 N–H and O–H groups in total. The van der Waals surface area contributed by atoms with Crippen molar-refractivity contribution in [3.8, 4) is 0 Å². The van der Waals surface area contributed by atoms with Crippen molar-refractivity contribution < 1.29 is 19.8 Å². The Bertz CT molecular complexity index is 180. The molecule has 0 amide bonds. The predicted octanol–water partition coefficient (Wildman–Crippen LogP) is -0.181. The van der Waals surface area contributed by atoms with Crippen LogP contribution >= 0.6 is 0 Å². The molecule has 0 saturated heterocycles. The lowest BCUT2D eigenvalue weighted by molar-refractivity contribution is -0.134. The van der Waals surface area contributed by atoms with Gasteiger partial charge >= 0.3 is 11.9 Å². The molecule has 0 bridgehead atoms. The van der Waals surface area contributed by atoms with Gasteiger partial charge in [0, 0.05) is 18.2 Å². The van der Waals surface area contributed by atoms with E-state index in [2.05, 4.69) is 0 Å². The van der Waals surface area contributed by atoms with Crippen molar-refractivity contribution in [2.24, 2.45) is 5.73 Å². The smallest absolute Gasteiger partial charge is 0.328 e. The molecule has 0 spiro atoms. The number of rotatable bonds is 2. The molecule has 0 aliphatic heterocycles. The third-order valence-corrected chi connectivity index (χ3v) is 0.990. The van der Waals surface area contributed by atoms with Gasteiger partial charge in [0.15, 0.2) is 0 Å². The third kappa shape index (κ3) is 11.4. The van der Waals surface area contributed by atoms with Crippen molar-refractivity contribution in [2.75, 3.05) is 0 Å². The Balaban J connectivity index is 0.000000247. The van der Waals surface area contributed by atoms with E-state index in [-0.39, 0.29) is 0 Å². The number of hydrogen-bond acceptors (Lipinski definition) is 3. The molecule has 0 unspecified atom stereocenters. The minimum absolute atomic E-state index is 0.558. The molecule has 0 atom stereocenters. The SMILES string of the molecule is NC1CC1.O=C(O)C=CC(=O)O. The van der Waals surface area contributed by atoms with Crippen LogP contribution in [0.5, 0.6) is 0 Å². The molecule has 1 aliphatic carbocycles. The Labute approximate surface area is 69.5 Å². The molecule has 1 rings (SSSR count). The molecule has 1 aliphatic rings. The lowest BCUT2D eigenvalue weighted by atomic mass is 10.5. The molecule has 1 fully saturated rings. The second-order valence-corrected chi connectivity index (χ2v) is 2.35. The highest BCUT2D eigenvalue weighted by molar-refractivity contribution is 5.89. The first-order chi connectivity index (χ1) is 5.52. The Kier molecular flexibility index (Phi) is 4.71. The molecule has 0 aromatic rings. The van der Waals surface area contributed by atoms with Crippen molar-refractivity contribution in [1.29, 1.82) is 0 Å². The Hall–Kier alpha value is -1.36. The molecule has 0 aromatic heterocycles. The molecule has 12 heavy (non-hydrogen) atoms. The summed E-state index contributed by atoms with van der Waals surface area (Å²) in [5, 5.41) is 15.6. The first-order valence-electron chi connectivity index (χ1n) is 3.42. The van der Waals surface area contributed by atoms with Crippen LogP contribution in [0.2, 0.25) is 0 Å². The van der Waals surface area contributed by atoms with E-state index in [0.717, 1.165) is 0 Å². The molecule has 0 heterocycles. The Morgan fingerprint density at radius 1 is 1.17 bits per heavy atom. The predicted molar refractivity (Wildman–Crippen MR) is 41.6 cm³/mol. The van der Waals surface area contributed by atoms with E-state index in [1.165, 1.54) is 12.8 Å². The summed E-state index contributed by atoms with van der Waals surface area (Å²) in [4.78, 5) is 19.1. The molecule has 5 nitrogen and oxygen atoms in total. The van der Waals surface area contributed by atoms with Gasteiger partial charge in [-0.3, -0.25) is 0 Å². The van der Waals surface area contributed by atoms with Crippen LogP contribution in [0.25, 0.3) is 0 Å². The van der Waals surface area contributed by atoms with Gasteiger partial charge in [0.05, 0.1) is 0 Å². The second-order valence-electron chi connectivity index (χ2n) is 2.35. The van der Waals surface area contributed by atoms with E-state index >= 15 is 0 Å². The van der Waals surface area contributed by atoms with E-state index in [1.807, 2.05) is 0 Å². The van der Waals surface area contributed by atoms with Crippen LogP contribution in [0.1, 0.15) is 12.8 Å².